The lowest BCUT2D eigenvalue weighted by Crippen LogP contribution is -3.09. The number of nitriles is 1. The average Bonchev–Trinajstić information content (AvgIpc) is 3.18. The van der Waals surface area contributed by atoms with Crippen molar-refractivity contribution >= 4 is 22.6 Å². The molecular weight excluding hydrogens is 410 g/mol. The van der Waals surface area contributed by atoms with Crippen LogP contribution in [0.5, 0.6) is 0 Å². The number of nitrogens with zero attached hydrogens (tertiary/aromatic N) is 2. The van der Waals surface area contributed by atoms with Gasteiger partial charge in [0.15, 0.2) is 0 Å². The van der Waals surface area contributed by atoms with E-state index in [4.69, 9.17) is 4.98 Å². The van der Waals surface area contributed by atoms with Gasteiger partial charge in [-0.05, 0) is 29.5 Å². The number of quaternary nitrogens is 1. The molecule has 1 saturated heterocycles. The molecular formula is C23H31N5O2S+2. The van der Waals surface area contributed by atoms with Crippen molar-refractivity contribution < 1.29 is 19.2 Å². The summed E-state index contributed by atoms with van der Waals surface area (Å²) in [5.41, 5.74) is 2.86. The van der Waals surface area contributed by atoms with E-state index in [0.29, 0.717) is 17.2 Å². The van der Waals surface area contributed by atoms with E-state index in [0.717, 1.165) is 54.7 Å². The Hall–Kier alpha value is -2.34. The molecule has 1 fully saturated rings. The number of aromatic amines is 1. The van der Waals surface area contributed by atoms with Crippen LogP contribution in [0.2, 0.25) is 0 Å². The van der Waals surface area contributed by atoms with Gasteiger partial charge < -0.3 is 5.11 Å². The highest BCUT2D eigenvalue weighted by Gasteiger charge is 2.36. The maximum Gasteiger partial charge on any atom is 0.433 e. The van der Waals surface area contributed by atoms with Crippen LogP contribution in [0, 0.1) is 17.2 Å². The quantitative estimate of drug-likeness (QED) is 0.619. The summed E-state index contributed by atoms with van der Waals surface area (Å²) in [5, 5.41) is 22.4. The van der Waals surface area contributed by atoms with Crippen LogP contribution in [0.15, 0.2) is 29.2 Å². The molecule has 1 unspecified atom stereocenters. The smallest absolute Gasteiger partial charge is 0.393 e. The molecule has 2 aliphatic heterocycles. The molecule has 1 aromatic heterocycles. The van der Waals surface area contributed by atoms with Crippen LogP contribution in [0.1, 0.15) is 49.4 Å². The Labute approximate surface area is 186 Å². The van der Waals surface area contributed by atoms with Gasteiger partial charge in [0.1, 0.15) is 10.6 Å². The summed E-state index contributed by atoms with van der Waals surface area (Å²) in [5.74, 6) is 2.93. The van der Waals surface area contributed by atoms with Crippen LogP contribution in [0.25, 0.3) is 0 Å². The van der Waals surface area contributed by atoms with Crippen molar-refractivity contribution in [3.05, 3.63) is 41.1 Å². The number of piperidine rings is 1. The second-order valence-corrected chi connectivity index (χ2v) is 10.3. The third-order valence-electron chi connectivity index (χ3n) is 6.47. The van der Waals surface area contributed by atoms with Crippen molar-refractivity contribution in [2.75, 3.05) is 30.8 Å². The summed E-state index contributed by atoms with van der Waals surface area (Å²) in [7, 11) is -1.06. The summed E-state index contributed by atoms with van der Waals surface area (Å²) in [4.78, 5) is 10.4. The second kappa shape index (κ2) is 9.43. The van der Waals surface area contributed by atoms with E-state index < -0.39 is 10.8 Å². The molecule has 2 aliphatic rings. The van der Waals surface area contributed by atoms with E-state index >= 15 is 0 Å². The lowest BCUT2D eigenvalue weighted by molar-refractivity contribution is -0.875. The topological polar surface area (TPSA) is 105 Å². The van der Waals surface area contributed by atoms with Gasteiger partial charge in [-0.2, -0.15) is 10.2 Å². The van der Waals surface area contributed by atoms with Crippen LogP contribution >= 0.6 is 0 Å². The van der Waals surface area contributed by atoms with Crippen molar-refractivity contribution in [1.29, 1.82) is 5.26 Å². The highest BCUT2D eigenvalue weighted by molar-refractivity contribution is 7.85. The number of aliphatic hydroxyl groups is 1. The molecule has 4 N–H and O–H groups in total. The number of nitrogens with one attached hydrogen (secondary N) is 3. The molecule has 1 aromatic carbocycles. The molecule has 31 heavy (non-hydrogen) atoms. The first kappa shape index (κ1) is 21.9. The van der Waals surface area contributed by atoms with Crippen LogP contribution < -0.4 is 15.2 Å². The minimum atomic E-state index is -1.06. The molecule has 8 heteroatoms. The largest absolute Gasteiger partial charge is 0.433 e. The Kier molecular flexibility index (Phi) is 6.65. The lowest BCUT2D eigenvalue weighted by atomic mass is 9.89. The summed E-state index contributed by atoms with van der Waals surface area (Å²) in [6.07, 6.45) is 2.77. The SMILES string of the molecule is CC(C)[C@H](CO)Nc1[nH+]c([NH+]2CCC(c3cccc(C#N)c3)CC2)nc2c1S(=O)CC2. The molecule has 0 aliphatic carbocycles. The number of aryl methyl sites for hydroxylation is 1. The zero-order valence-electron chi connectivity index (χ0n) is 18.1. The van der Waals surface area contributed by atoms with Gasteiger partial charge in [-0.3, -0.25) is 9.53 Å². The van der Waals surface area contributed by atoms with E-state index in [-0.39, 0.29) is 18.6 Å². The van der Waals surface area contributed by atoms with Gasteiger partial charge in [-0.1, -0.05) is 31.0 Å². The van der Waals surface area contributed by atoms with Gasteiger partial charge in [0.05, 0.1) is 48.2 Å². The van der Waals surface area contributed by atoms with Crippen LogP contribution in [-0.4, -0.2) is 45.8 Å². The number of aliphatic hydroxyl groups excluding tert-OH is 1. The lowest BCUT2D eigenvalue weighted by Gasteiger charge is -2.27. The number of rotatable bonds is 6. The van der Waals surface area contributed by atoms with Crippen molar-refractivity contribution in [2.45, 2.75) is 50.0 Å². The number of benzene rings is 1. The first-order valence-corrected chi connectivity index (χ1v) is 12.4. The minimum absolute atomic E-state index is 0.0184. The van der Waals surface area contributed by atoms with Gasteiger partial charge in [0.2, 0.25) is 5.82 Å². The molecule has 7 nitrogen and oxygen atoms in total. The Bertz CT molecular complexity index is 1010. The number of aromatic nitrogens is 2. The van der Waals surface area contributed by atoms with Crippen LogP contribution in [0.4, 0.5) is 11.8 Å². The van der Waals surface area contributed by atoms with E-state index in [1.807, 2.05) is 18.2 Å². The molecule has 3 heterocycles. The third kappa shape index (κ3) is 4.64. The number of hydrogen-bond acceptors (Lipinski definition) is 5. The van der Waals surface area contributed by atoms with Crippen molar-refractivity contribution in [3.63, 3.8) is 0 Å². The fourth-order valence-electron chi connectivity index (χ4n) is 4.52. The normalized spacial score (nSPS) is 23.9. The van der Waals surface area contributed by atoms with Crippen LogP contribution in [-0.2, 0) is 17.2 Å². The number of fused-ring (bicyclic) bond motifs is 1. The van der Waals surface area contributed by atoms with E-state index in [9.17, 15) is 14.6 Å². The maximum absolute atomic E-state index is 12.6. The fourth-order valence-corrected chi connectivity index (χ4v) is 5.85. The van der Waals surface area contributed by atoms with Gasteiger partial charge in [-0.15, -0.1) is 0 Å². The van der Waals surface area contributed by atoms with Gasteiger partial charge in [0.25, 0.3) is 0 Å². The molecule has 0 radical (unpaired) electrons. The Morgan fingerprint density at radius 1 is 1.39 bits per heavy atom. The number of hydrogen-bond donors (Lipinski definition) is 3. The summed E-state index contributed by atoms with van der Waals surface area (Å²) in [6.45, 7) is 6.03. The zero-order chi connectivity index (χ0) is 22.0. The van der Waals surface area contributed by atoms with Crippen molar-refractivity contribution in [3.8, 4) is 6.07 Å². The fraction of sp³-hybridized carbons (Fsp3) is 0.522. The zero-order valence-corrected chi connectivity index (χ0v) is 19.0. The molecule has 2 atom stereocenters. The first-order valence-electron chi connectivity index (χ1n) is 11.1. The molecule has 2 aromatic rings. The molecule has 4 rings (SSSR count). The molecule has 0 amide bonds. The number of H-pyrrole nitrogens is 1. The monoisotopic (exact) mass is 441 g/mol. The predicted molar refractivity (Wildman–Crippen MR) is 119 cm³/mol. The Balaban J connectivity index is 1.54. The van der Waals surface area contributed by atoms with Crippen molar-refractivity contribution in [1.82, 2.24) is 4.98 Å². The van der Waals surface area contributed by atoms with Gasteiger partial charge >= 0.3 is 5.95 Å². The molecule has 164 valence electrons. The molecule has 0 saturated carbocycles. The standard InChI is InChI=1S/C23H29N5O2S/c1-15(2)20(14-29)25-22-21-19(8-11-31(21)30)26-23(27-22)28-9-6-17(7-10-28)18-5-3-4-16(12-18)13-24/h3-5,12,15,17,20,29H,6-11,14H2,1-2H3,(H,25,26,27)/p+2/t20-,31?/m0/s1. The Morgan fingerprint density at radius 3 is 2.84 bits per heavy atom. The first-order chi connectivity index (χ1) is 15.0. The molecule has 0 bridgehead atoms. The second-order valence-electron chi connectivity index (χ2n) is 8.83. The van der Waals surface area contributed by atoms with Crippen molar-refractivity contribution in [2.24, 2.45) is 5.92 Å². The van der Waals surface area contributed by atoms with E-state index in [2.05, 4.69) is 36.3 Å². The van der Waals surface area contributed by atoms with Crippen LogP contribution in [0.3, 0.4) is 0 Å². The average molecular weight is 442 g/mol. The summed E-state index contributed by atoms with van der Waals surface area (Å²) >= 11 is 0. The van der Waals surface area contributed by atoms with Gasteiger partial charge in [0, 0.05) is 25.0 Å². The van der Waals surface area contributed by atoms with Gasteiger partial charge in [-0.25, -0.2) is 4.90 Å². The summed E-state index contributed by atoms with van der Waals surface area (Å²) in [6, 6.07) is 10.1. The number of anilines is 1. The molecule has 0 spiro atoms. The van der Waals surface area contributed by atoms with E-state index in [1.54, 1.807) is 0 Å². The minimum Gasteiger partial charge on any atom is -0.393 e. The highest BCUT2D eigenvalue weighted by atomic mass is 32.2. The Morgan fingerprint density at radius 2 is 2.16 bits per heavy atom. The summed E-state index contributed by atoms with van der Waals surface area (Å²) < 4.78 is 12.6. The predicted octanol–water partition coefficient (Wildman–Crippen LogP) is 0.954. The third-order valence-corrected chi connectivity index (χ3v) is 7.94. The maximum atomic E-state index is 12.6. The van der Waals surface area contributed by atoms with E-state index in [1.165, 1.54) is 10.5 Å². The highest BCUT2D eigenvalue weighted by Crippen LogP contribution is 2.28.